The molecular weight excluding hydrogens is 327 g/mol. The van der Waals surface area contributed by atoms with Crippen LogP contribution in [0.25, 0.3) is 11.0 Å². The smallest absolute Gasteiger partial charge is 0.370 e. The van der Waals surface area contributed by atoms with Crippen LogP contribution >= 0.6 is 15.9 Å². The molecule has 2 aromatic rings. The fourth-order valence-electron chi connectivity index (χ4n) is 1.69. The Morgan fingerprint density at radius 1 is 1.37 bits per heavy atom. The van der Waals surface area contributed by atoms with Crippen molar-refractivity contribution in [2.75, 3.05) is 18.9 Å². The lowest BCUT2D eigenvalue weighted by atomic mass is 10.3. The number of ether oxygens (including phenoxy) is 1. The maximum atomic E-state index is 11.9. The van der Waals surface area contributed by atoms with E-state index in [2.05, 4.69) is 25.7 Å². The van der Waals surface area contributed by atoms with E-state index in [4.69, 9.17) is 5.73 Å². The zero-order valence-electron chi connectivity index (χ0n) is 9.75. The second kappa shape index (κ2) is 5.38. The Labute approximate surface area is 115 Å². The Balaban J connectivity index is 2.08. The van der Waals surface area contributed by atoms with Gasteiger partial charge in [0.15, 0.2) is 0 Å². The van der Waals surface area contributed by atoms with Crippen LogP contribution in [-0.4, -0.2) is 28.9 Å². The average Bonchev–Trinajstić information content (AvgIpc) is 2.59. The molecule has 2 rings (SSSR count). The van der Waals surface area contributed by atoms with Crippen LogP contribution in [0.3, 0.4) is 0 Å². The second-order valence-corrected chi connectivity index (χ2v) is 4.84. The van der Waals surface area contributed by atoms with Gasteiger partial charge in [-0.05, 0) is 18.2 Å². The minimum Gasteiger partial charge on any atom is -0.370 e. The van der Waals surface area contributed by atoms with Crippen molar-refractivity contribution in [1.82, 2.24) is 9.55 Å². The number of benzene rings is 1. The summed E-state index contributed by atoms with van der Waals surface area (Å²) in [6, 6.07) is 5.41. The molecule has 0 saturated carbocycles. The summed E-state index contributed by atoms with van der Waals surface area (Å²) in [4.78, 5) is 4.12. The molecule has 0 spiro atoms. The summed E-state index contributed by atoms with van der Waals surface area (Å²) in [7, 11) is 0. The van der Waals surface area contributed by atoms with Gasteiger partial charge in [0.25, 0.3) is 0 Å². The van der Waals surface area contributed by atoms with Gasteiger partial charge in [0.1, 0.15) is 6.61 Å². The van der Waals surface area contributed by atoms with E-state index in [1.165, 1.54) is 0 Å². The Morgan fingerprint density at radius 2 is 2.11 bits per heavy atom. The van der Waals surface area contributed by atoms with Crippen LogP contribution < -0.4 is 5.73 Å². The van der Waals surface area contributed by atoms with Gasteiger partial charge in [-0.1, -0.05) is 15.9 Å². The highest BCUT2D eigenvalue weighted by Crippen LogP contribution is 2.22. The Bertz CT molecular complexity index is 582. The van der Waals surface area contributed by atoms with Gasteiger partial charge in [-0.15, -0.1) is 0 Å². The molecule has 0 atom stereocenters. The Hall–Kier alpha value is -1.28. The topological polar surface area (TPSA) is 53.1 Å². The predicted molar refractivity (Wildman–Crippen MR) is 68.7 cm³/mol. The highest BCUT2D eigenvalue weighted by Gasteiger charge is 2.27. The van der Waals surface area contributed by atoms with Crippen LogP contribution in [0.2, 0.25) is 0 Å². The Morgan fingerprint density at radius 3 is 2.79 bits per heavy atom. The summed E-state index contributed by atoms with van der Waals surface area (Å²) in [6.45, 7) is -1.13. The molecule has 0 saturated heterocycles. The van der Waals surface area contributed by atoms with Crippen molar-refractivity contribution in [3.8, 4) is 0 Å². The summed E-state index contributed by atoms with van der Waals surface area (Å²) in [5, 5.41) is 0. The number of halogens is 4. The van der Waals surface area contributed by atoms with Crippen LogP contribution in [0.1, 0.15) is 0 Å². The van der Waals surface area contributed by atoms with Gasteiger partial charge in [-0.3, -0.25) is 0 Å². The predicted octanol–water partition coefficient (Wildman–Crippen LogP) is 2.96. The molecule has 0 fully saturated rings. The van der Waals surface area contributed by atoms with Crippen LogP contribution in [0.15, 0.2) is 22.7 Å². The number of fused-ring (bicyclic) bond motifs is 1. The summed E-state index contributed by atoms with van der Waals surface area (Å²) < 4.78 is 42.8. The van der Waals surface area contributed by atoms with Gasteiger partial charge in [-0.25, -0.2) is 4.98 Å². The number of nitrogen functional groups attached to an aromatic ring is 1. The third-order valence-corrected chi connectivity index (χ3v) is 2.96. The number of rotatable bonds is 4. The Kier molecular flexibility index (Phi) is 4.00. The molecule has 0 amide bonds. The maximum absolute atomic E-state index is 11.9. The van der Waals surface area contributed by atoms with E-state index in [1.807, 2.05) is 12.1 Å². The van der Waals surface area contributed by atoms with Gasteiger partial charge in [0.2, 0.25) is 5.95 Å². The van der Waals surface area contributed by atoms with E-state index in [0.717, 1.165) is 9.99 Å². The standard InChI is InChI=1S/C11H11BrF3N3O/c12-7-1-2-8-9(5-7)18(10(16)17-8)3-4-19-6-11(13,14)15/h1-2,5H,3-4,6H2,(H2,16,17). The van der Waals surface area contributed by atoms with Crippen molar-refractivity contribution < 1.29 is 17.9 Å². The highest BCUT2D eigenvalue weighted by molar-refractivity contribution is 9.10. The SMILES string of the molecule is Nc1nc2ccc(Br)cc2n1CCOCC(F)(F)F. The first-order valence-corrected chi connectivity index (χ1v) is 6.22. The van der Waals surface area contributed by atoms with Gasteiger partial charge < -0.3 is 15.0 Å². The summed E-state index contributed by atoms with van der Waals surface area (Å²) in [6.07, 6.45) is -4.31. The third kappa shape index (κ3) is 3.60. The zero-order chi connectivity index (χ0) is 14.0. The van der Waals surface area contributed by atoms with E-state index in [-0.39, 0.29) is 19.1 Å². The first-order chi connectivity index (χ1) is 8.87. The van der Waals surface area contributed by atoms with Gasteiger partial charge in [0, 0.05) is 11.0 Å². The van der Waals surface area contributed by atoms with Gasteiger partial charge >= 0.3 is 6.18 Å². The zero-order valence-corrected chi connectivity index (χ0v) is 11.3. The number of anilines is 1. The van der Waals surface area contributed by atoms with Crippen molar-refractivity contribution >= 4 is 32.9 Å². The first-order valence-electron chi connectivity index (χ1n) is 5.42. The highest BCUT2D eigenvalue weighted by atomic mass is 79.9. The van der Waals surface area contributed by atoms with Gasteiger partial charge in [-0.2, -0.15) is 13.2 Å². The van der Waals surface area contributed by atoms with Crippen LogP contribution in [-0.2, 0) is 11.3 Å². The largest absolute Gasteiger partial charge is 0.411 e. The minimum atomic E-state index is -4.31. The molecule has 0 bridgehead atoms. The fourth-order valence-corrected chi connectivity index (χ4v) is 2.04. The summed E-state index contributed by atoms with van der Waals surface area (Å²) in [5.74, 6) is 0.253. The molecule has 8 heteroatoms. The number of aromatic nitrogens is 2. The molecule has 0 unspecified atom stereocenters. The second-order valence-electron chi connectivity index (χ2n) is 3.92. The quantitative estimate of drug-likeness (QED) is 0.872. The molecule has 1 heterocycles. The van der Waals surface area contributed by atoms with Crippen molar-refractivity contribution in [2.24, 2.45) is 0 Å². The number of nitrogens with two attached hydrogens (primary N) is 1. The van der Waals surface area contributed by atoms with Crippen molar-refractivity contribution in [3.05, 3.63) is 22.7 Å². The molecule has 0 aliphatic rings. The van der Waals surface area contributed by atoms with E-state index < -0.39 is 12.8 Å². The molecule has 19 heavy (non-hydrogen) atoms. The number of hydrogen-bond acceptors (Lipinski definition) is 3. The van der Waals surface area contributed by atoms with E-state index in [0.29, 0.717) is 5.52 Å². The van der Waals surface area contributed by atoms with Crippen LogP contribution in [0.5, 0.6) is 0 Å². The summed E-state index contributed by atoms with van der Waals surface area (Å²) >= 11 is 3.32. The molecule has 0 aliphatic heterocycles. The van der Waals surface area contributed by atoms with Crippen molar-refractivity contribution in [1.29, 1.82) is 0 Å². The molecule has 0 radical (unpaired) electrons. The van der Waals surface area contributed by atoms with E-state index >= 15 is 0 Å². The van der Waals surface area contributed by atoms with E-state index in [9.17, 15) is 13.2 Å². The third-order valence-electron chi connectivity index (χ3n) is 2.46. The maximum Gasteiger partial charge on any atom is 0.411 e. The minimum absolute atomic E-state index is 0.0817. The lowest BCUT2D eigenvalue weighted by molar-refractivity contribution is -0.174. The lowest BCUT2D eigenvalue weighted by Gasteiger charge is -2.09. The monoisotopic (exact) mass is 337 g/mol. The molecule has 1 aromatic carbocycles. The van der Waals surface area contributed by atoms with Gasteiger partial charge in [0.05, 0.1) is 17.6 Å². The van der Waals surface area contributed by atoms with E-state index in [1.54, 1.807) is 10.6 Å². The molecule has 2 N–H and O–H groups in total. The molecule has 0 aliphatic carbocycles. The normalized spacial score (nSPS) is 12.2. The molecule has 104 valence electrons. The first kappa shape index (κ1) is 14.1. The lowest BCUT2D eigenvalue weighted by Crippen LogP contribution is -2.19. The van der Waals surface area contributed by atoms with Crippen molar-refractivity contribution in [2.45, 2.75) is 12.7 Å². The average molecular weight is 338 g/mol. The number of alkyl halides is 3. The molecular formula is C11H11BrF3N3O. The molecule has 4 nitrogen and oxygen atoms in total. The summed E-state index contributed by atoms with van der Waals surface area (Å²) in [5.41, 5.74) is 7.17. The molecule has 1 aromatic heterocycles. The van der Waals surface area contributed by atoms with Crippen LogP contribution in [0, 0.1) is 0 Å². The number of hydrogen-bond donors (Lipinski definition) is 1. The number of imidazole rings is 1. The van der Waals surface area contributed by atoms with Crippen LogP contribution in [0.4, 0.5) is 19.1 Å². The number of nitrogens with zero attached hydrogens (tertiary/aromatic N) is 2. The van der Waals surface area contributed by atoms with Crippen molar-refractivity contribution in [3.63, 3.8) is 0 Å². The fraction of sp³-hybridized carbons (Fsp3) is 0.364.